The van der Waals surface area contributed by atoms with Gasteiger partial charge < -0.3 is 0 Å². The third kappa shape index (κ3) is 7.00. The number of unbranched alkanes of at least 4 members (excludes halogenated alkanes) is 3. The number of aryl methyl sites for hydroxylation is 1. The van der Waals surface area contributed by atoms with Crippen LogP contribution in [-0.4, -0.2) is 9.97 Å². The highest BCUT2D eigenvalue weighted by atomic mass is 14.8. The van der Waals surface area contributed by atoms with E-state index in [2.05, 4.69) is 59.9 Å². The van der Waals surface area contributed by atoms with E-state index in [1.54, 1.807) is 0 Å². The van der Waals surface area contributed by atoms with Crippen molar-refractivity contribution in [1.29, 1.82) is 0 Å². The second-order valence-electron chi connectivity index (χ2n) is 8.60. The summed E-state index contributed by atoms with van der Waals surface area (Å²) in [6.07, 6.45) is 18.3. The van der Waals surface area contributed by atoms with Gasteiger partial charge in [-0.2, -0.15) is 0 Å². The van der Waals surface area contributed by atoms with Crippen LogP contribution in [0, 0.1) is 17.8 Å². The summed E-state index contributed by atoms with van der Waals surface area (Å²) in [4.78, 5) is 8.81. The monoisotopic (exact) mass is 388 g/mol. The molecule has 0 saturated heterocycles. The maximum Gasteiger partial charge on any atom is 0.205 e. The van der Waals surface area contributed by atoms with Crippen molar-refractivity contribution in [3.63, 3.8) is 0 Å². The maximum atomic E-state index is 4.41. The Morgan fingerprint density at radius 3 is 2.17 bits per heavy atom. The lowest BCUT2D eigenvalue weighted by Crippen LogP contribution is -2.13. The maximum absolute atomic E-state index is 4.41. The summed E-state index contributed by atoms with van der Waals surface area (Å²) in [6, 6.07) is 8.87. The summed E-state index contributed by atoms with van der Waals surface area (Å²) in [6.45, 7) is 4.52. The molecule has 2 heteroatoms. The van der Waals surface area contributed by atoms with E-state index in [1.807, 2.05) is 12.4 Å². The fourth-order valence-electron chi connectivity index (χ4n) is 4.37. The van der Waals surface area contributed by atoms with Crippen LogP contribution in [0.15, 0.2) is 36.7 Å². The van der Waals surface area contributed by atoms with Gasteiger partial charge in [0, 0.05) is 18.0 Å². The molecule has 154 valence electrons. The van der Waals surface area contributed by atoms with E-state index >= 15 is 0 Å². The predicted molar refractivity (Wildman–Crippen MR) is 122 cm³/mol. The zero-order valence-corrected chi connectivity index (χ0v) is 18.3. The van der Waals surface area contributed by atoms with Crippen LogP contribution in [0.4, 0.5) is 0 Å². The predicted octanol–water partition coefficient (Wildman–Crippen LogP) is 7.07. The summed E-state index contributed by atoms with van der Waals surface area (Å²) >= 11 is 0. The Labute approximate surface area is 177 Å². The number of hydrogen-bond acceptors (Lipinski definition) is 2. The minimum absolute atomic E-state index is 0.610. The topological polar surface area (TPSA) is 25.8 Å². The molecule has 0 N–H and O–H groups in total. The van der Waals surface area contributed by atoms with Gasteiger partial charge >= 0.3 is 0 Å². The second kappa shape index (κ2) is 11.8. The van der Waals surface area contributed by atoms with Gasteiger partial charge in [-0.15, -0.1) is 0 Å². The molecule has 1 aromatic heterocycles. The Kier molecular flexibility index (Phi) is 8.75. The third-order valence-electron chi connectivity index (χ3n) is 6.29. The van der Waals surface area contributed by atoms with E-state index < -0.39 is 0 Å². The van der Waals surface area contributed by atoms with Crippen molar-refractivity contribution < 1.29 is 0 Å². The van der Waals surface area contributed by atoms with Crippen LogP contribution in [0.2, 0.25) is 0 Å². The number of benzene rings is 1. The first kappa shape index (κ1) is 21.6. The highest BCUT2D eigenvalue weighted by molar-refractivity contribution is 5.40. The van der Waals surface area contributed by atoms with Crippen molar-refractivity contribution in [1.82, 2.24) is 9.97 Å². The highest BCUT2D eigenvalue weighted by Crippen LogP contribution is 2.37. The zero-order chi connectivity index (χ0) is 20.3. The molecule has 29 heavy (non-hydrogen) atoms. The Hall–Kier alpha value is -2.14. The first-order chi connectivity index (χ1) is 14.3. The normalized spacial score (nSPS) is 18.8. The SMILES string of the molecule is CCCCCc1cnc(C#Cc2ccc(C3CCC(CCCC)CC3)cc2)nc1. The summed E-state index contributed by atoms with van der Waals surface area (Å²) in [5, 5.41) is 0. The van der Waals surface area contributed by atoms with Gasteiger partial charge in [0.2, 0.25) is 5.82 Å². The summed E-state index contributed by atoms with van der Waals surface area (Å²) in [5.74, 6) is 8.64. The highest BCUT2D eigenvalue weighted by Gasteiger charge is 2.21. The molecule has 1 fully saturated rings. The molecular formula is C27H36N2. The summed E-state index contributed by atoms with van der Waals surface area (Å²) in [5.41, 5.74) is 3.73. The molecule has 0 spiro atoms. The van der Waals surface area contributed by atoms with Crippen molar-refractivity contribution in [3.05, 3.63) is 59.2 Å². The van der Waals surface area contributed by atoms with Gasteiger partial charge in [0.15, 0.2) is 0 Å². The minimum Gasteiger partial charge on any atom is -0.229 e. The van der Waals surface area contributed by atoms with Gasteiger partial charge in [-0.25, -0.2) is 9.97 Å². The van der Waals surface area contributed by atoms with Crippen LogP contribution >= 0.6 is 0 Å². The van der Waals surface area contributed by atoms with Gasteiger partial charge in [0.05, 0.1) is 0 Å². The molecule has 0 atom stereocenters. The quantitative estimate of drug-likeness (QED) is 0.357. The molecule has 1 aliphatic carbocycles. The Morgan fingerprint density at radius 2 is 1.52 bits per heavy atom. The molecule has 2 nitrogen and oxygen atoms in total. The number of hydrogen-bond donors (Lipinski definition) is 0. The molecule has 1 heterocycles. The minimum atomic E-state index is 0.610. The molecule has 1 aromatic carbocycles. The second-order valence-corrected chi connectivity index (χ2v) is 8.60. The first-order valence-corrected chi connectivity index (χ1v) is 11.7. The average molecular weight is 389 g/mol. The standard InChI is InChI=1S/C27H36N2/c1-3-5-7-9-24-20-28-27(29-21-24)19-14-23-12-17-26(18-13-23)25-15-10-22(11-16-25)8-6-4-2/h12-13,17-18,20-22,25H,3-11,15-16H2,1-2H3. The van der Waals surface area contributed by atoms with E-state index in [9.17, 15) is 0 Å². The number of rotatable bonds is 8. The molecule has 1 aliphatic rings. The van der Waals surface area contributed by atoms with Crippen LogP contribution in [-0.2, 0) is 6.42 Å². The van der Waals surface area contributed by atoms with Crippen molar-refractivity contribution in [2.45, 2.75) is 90.4 Å². The molecule has 0 unspecified atom stereocenters. The summed E-state index contributed by atoms with van der Waals surface area (Å²) < 4.78 is 0. The van der Waals surface area contributed by atoms with Crippen LogP contribution in [0.3, 0.4) is 0 Å². The molecule has 0 radical (unpaired) electrons. The molecule has 3 rings (SSSR count). The van der Waals surface area contributed by atoms with Crippen LogP contribution in [0.5, 0.6) is 0 Å². The Balaban J connectivity index is 1.51. The molecule has 0 aliphatic heterocycles. The number of nitrogens with zero attached hydrogens (tertiary/aromatic N) is 2. The van der Waals surface area contributed by atoms with E-state index in [-0.39, 0.29) is 0 Å². The molecule has 2 aromatic rings. The molecule has 0 bridgehead atoms. The van der Waals surface area contributed by atoms with E-state index in [0.717, 1.165) is 23.8 Å². The number of aromatic nitrogens is 2. The molecule has 1 saturated carbocycles. The summed E-state index contributed by atoms with van der Waals surface area (Å²) in [7, 11) is 0. The van der Waals surface area contributed by atoms with Gasteiger partial charge in [-0.3, -0.25) is 0 Å². The Bertz CT molecular complexity index is 772. The fraction of sp³-hybridized carbons (Fsp3) is 0.556. The van der Waals surface area contributed by atoms with Gasteiger partial charge in [0.1, 0.15) is 0 Å². The molecule has 0 amide bonds. The first-order valence-electron chi connectivity index (χ1n) is 11.7. The smallest absolute Gasteiger partial charge is 0.205 e. The van der Waals surface area contributed by atoms with E-state index in [4.69, 9.17) is 0 Å². The zero-order valence-electron chi connectivity index (χ0n) is 18.3. The largest absolute Gasteiger partial charge is 0.229 e. The van der Waals surface area contributed by atoms with Crippen LogP contribution < -0.4 is 0 Å². The third-order valence-corrected chi connectivity index (χ3v) is 6.29. The fourth-order valence-corrected chi connectivity index (χ4v) is 4.37. The van der Waals surface area contributed by atoms with Crippen LogP contribution in [0.1, 0.15) is 106 Å². The van der Waals surface area contributed by atoms with E-state index in [0.29, 0.717) is 5.82 Å². The Morgan fingerprint density at radius 1 is 0.828 bits per heavy atom. The molecular weight excluding hydrogens is 352 g/mol. The van der Waals surface area contributed by atoms with Gasteiger partial charge in [0.25, 0.3) is 0 Å². The lowest BCUT2D eigenvalue weighted by molar-refractivity contribution is 0.304. The van der Waals surface area contributed by atoms with Crippen molar-refractivity contribution >= 4 is 0 Å². The van der Waals surface area contributed by atoms with E-state index in [1.165, 1.54) is 75.3 Å². The lowest BCUT2D eigenvalue weighted by atomic mass is 9.77. The van der Waals surface area contributed by atoms with Crippen molar-refractivity contribution in [3.8, 4) is 11.8 Å². The average Bonchev–Trinajstić information content (AvgIpc) is 2.78. The lowest BCUT2D eigenvalue weighted by Gasteiger charge is -2.28. The van der Waals surface area contributed by atoms with Gasteiger partial charge in [-0.1, -0.05) is 64.0 Å². The van der Waals surface area contributed by atoms with Crippen LogP contribution in [0.25, 0.3) is 0 Å². The van der Waals surface area contributed by atoms with Crippen molar-refractivity contribution in [2.75, 3.05) is 0 Å². The van der Waals surface area contributed by atoms with Gasteiger partial charge in [-0.05, 0) is 79.5 Å². The van der Waals surface area contributed by atoms with Crippen molar-refractivity contribution in [2.24, 2.45) is 5.92 Å².